The molecule has 0 fully saturated rings. The number of nitrogens with two attached hydrogens (primary N) is 1. The second-order valence-corrected chi connectivity index (χ2v) is 4.18. The molecular formula is C14H19N3O. The first-order valence-corrected chi connectivity index (χ1v) is 5.94. The number of carbonyl (C=O) groups excluding carboxylic acids is 1. The zero-order valence-electron chi connectivity index (χ0n) is 10.8. The minimum atomic E-state index is -0.156. The van der Waals surface area contributed by atoms with E-state index in [0.717, 1.165) is 11.1 Å². The summed E-state index contributed by atoms with van der Waals surface area (Å²) in [6.07, 6.45) is 0. The van der Waals surface area contributed by atoms with Crippen molar-refractivity contribution in [2.24, 2.45) is 5.73 Å². The van der Waals surface area contributed by atoms with Crippen LogP contribution in [0.2, 0.25) is 0 Å². The molecule has 0 radical (unpaired) electrons. The number of carbonyl (C=O) groups is 1. The van der Waals surface area contributed by atoms with Gasteiger partial charge in [-0.05, 0) is 31.5 Å². The standard InChI is InChI=1S/C14H19N3O/c1-11(2)17-14(18)16-10-13-7-5-12(6-8-13)4-3-9-15/h5-8,11H,9-10,15H2,1-2H3,(H2,16,17,18). The molecule has 1 aromatic carbocycles. The topological polar surface area (TPSA) is 67.2 Å². The van der Waals surface area contributed by atoms with Gasteiger partial charge in [0.1, 0.15) is 0 Å². The molecule has 0 aromatic heterocycles. The molecule has 0 atom stereocenters. The lowest BCUT2D eigenvalue weighted by Crippen LogP contribution is -2.39. The van der Waals surface area contributed by atoms with E-state index in [4.69, 9.17) is 5.73 Å². The maximum Gasteiger partial charge on any atom is 0.315 e. The molecule has 0 aliphatic carbocycles. The zero-order chi connectivity index (χ0) is 13.4. The molecule has 96 valence electrons. The zero-order valence-corrected chi connectivity index (χ0v) is 10.8. The van der Waals surface area contributed by atoms with Crippen molar-refractivity contribution < 1.29 is 4.79 Å². The highest BCUT2D eigenvalue weighted by atomic mass is 16.2. The number of hydrogen-bond donors (Lipinski definition) is 3. The van der Waals surface area contributed by atoms with Gasteiger partial charge < -0.3 is 16.4 Å². The molecule has 0 aliphatic rings. The van der Waals surface area contributed by atoms with E-state index in [1.165, 1.54) is 0 Å². The Morgan fingerprint density at radius 3 is 2.56 bits per heavy atom. The maximum atomic E-state index is 11.4. The summed E-state index contributed by atoms with van der Waals surface area (Å²) in [5, 5.41) is 5.55. The van der Waals surface area contributed by atoms with Crippen LogP contribution in [0, 0.1) is 11.8 Å². The number of amides is 2. The van der Waals surface area contributed by atoms with Gasteiger partial charge in [-0.25, -0.2) is 4.79 Å². The highest BCUT2D eigenvalue weighted by Crippen LogP contribution is 2.02. The van der Waals surface area contributed by atoms with Crippen LogP contribution in [0.4, 0.5) is 4.79 Å². The molecule has 0 saturated carbocycles. The van der Waals surface area contributed by atoms with Crippen LogP contribution in [-0.2, 0) is 6.54 Å². The van der Waals surface area contributed by atoms with Crippen molar-refractivity contribution in [2.75, 3.05) is 6.54 Å². The first-order chi connectivity index (χ1) is 8.61. The molecule has 2 amide bonds. The molecule has 0 spiro atoms. The highest BCUT2D eigenvalue weighted by molar-refractivity contribution is 5.74. The van der Waals surface area contributed by atoms with Gasteiger partial charge in [0.15, 0.2) is 0 Å². The van der Waals surface area contributed by atoms with Crippen LogP contribution in [0.1, 0.15) is 25.0 Å². The Morgan fingerprint density at radius 2 is 2.00 bits per heavy atom. The summed E-state index contributed by atoms with van der Waals surface area (Å²) in [6, 6.07) is 7.70. The first-order valence-electron chi connectivity index (χ1n) is 5.94. The molecule has 0 aliphatic heterocycles. The second kappa shape index (κ2) is 7.36. The highest BCUT2D eigenvalue weighted by Gasteiger charge is 2.01. The van der Waals surface area contributed by atoms with Crippen LogP contribution in [0.3, 0.4) is 0 Å². The van der Waals surface area contributed by atoms with Crippen molar-refractivity contribution in [3.8, 4) is 11.8 Å². The van der Waals surface area contributed by atoms with E-state index in [1.54, 1.807) is 0 Å². The molecule has 4 N–H and O–H groups in total. The van der Waals surface area contributed by atoms with Gasteiger partial charge in [-0.1, -0.05) is 24.0 Å². The van der Waals surface area contributed by atoms with E-state index < -0.39 is 0 Å². The van der Waals surface area contributed by atoms with Gasteiger partial charge in [-0.15, -0.1) is 0 Å². The molecule has 0 saturated heterocycles. The second-order valence-electron chi connectivity index (χ2n) is 4.18. The third-order valence-electron chi connectivity index (χ3n) is 2.16. The molecule has 0 heterocycles. The average molecular weight is 245 g/mol. The molecule has 1 rings (SSSR count). The average Bonchev–Trinajstić information content (AvgIpc) is 2.34. The van der Waals surface area contributed by atoms with Crippen molar-refractivity contribution in [1.29, 1.82) is 0 Å². The fourth-order valence-electron chi connectivity index (χ4n) is 1.35. The Hall–Kier alpha value is -1.99. The number of urea groups is 1. The third-order valence-corrected chi connectivity index (χ3v) is 2.16. The Labute approximate surface area is 108 Å². The summed E-state index contributed by atoms with van der Waals surface area (Å²) in [5.74, 6) is 5.74. The minimum absolute atomic E-state index is 0.138. The van der Waals surface area contributed by atoms with E-state index in [-0.39, 0.29) is 12.1 Å². The Bertz CT molecular complexity index is 440. The summed E-state index contributed by atoms with van der Waals surface area (Å²) < 4.78 is 0. The van der Waals surface area contributed by atoms with Crippen molar-refractivity contribution in [2.45, 2.75) is 26.4 Å². The van der Waals surface area contributed by atoms with Gasteiger partial charge in [-0.2, -0.15) is 0 Å². The molecule has 18 heavy (non-hydrogen) atoms. The molecule has 0 unspecified atom stereocenters. The number of rotatable bonds is 3. The number of nitrogens with one attached hydrogen (secondary N) is 2. The summed E-state index contributed by atoms with van der Waals surface area (Å²) >= 11 is 0. The minimum Gasteiger partial charge on any atom is -0.336 e. The van der Waals surface area contributed by atoms with Crippen LogP contribution in [0.15, 0.2) is 24.3 Å². The quantitative estimate of drug-likeness (QED) is 0.701. The lowest BCUT2D eigenvalue weighted by molar-refractivity contribution is 0.238. The third kappa shape index (κ3) is 5.37. The Balaban J connectivity index is 2.46. The van der Waals surface area contributed by atoms with Crippen LogP contribution in [0.5, 0.6) is 0 Å². The van der Waals surface area contributed by atoms with Crippen molar-refractivity contribution >= 4 is 6.03 Å². The summed E-state index contributed by atoms with van der Waals surface area (Å²) in [4.78, 5) is 11.4. The van der Waals surface area contributed by atoms with E-state index in [1.807, 2.05) is 38.1 Å². The lowest BCUT2D eigenvalue weighted by Gasteiger charge is -2.10. The van der Waals surface area contributed by atoms with Crippen LogP contribution in [-0.4, -0.2) is 18.6 Å². The van der Waals surface area contributed by atoms with Crippen molar-refractivity contribution in [1.82, 2.24) is 10.6 Å². The van der Waals surface area contributed by atoms with Crippen LogP contribution < -0.4 is 16.4 Å². The van der Waals surface area contributed by atoms with Gasteiger partial charge in [0.2, 0.25) is 0 Å². The predicted molar refractivity (Wildman–Crippen MR) is 72.9 cm³/mol. The van der Waals surface area contributed by atoms with Crippen molar-refractivity contribution in [3.05, 3.63) is 35.4 Å². The Morgan fingerprint density at radius 1 is 1.33 bits per heavy atom. The molecule has 4 nitrogen and oxygen atoms in total. The fourth-order valence-corrected chi connectivity index (χ4v) is 1.35. The van der Waals surface area contributed by atoms with Gasteiger partial charge >= 0.3 is 6.03 Å². The normalized spacial score (nSPS) is 9.56. The first kappa shape index (κ1) is 14.1. The predicted octanol–water partition coefficient (Wildman–Crippen LogP) is 1.20. The lowest BCUT2D eigenvalue weighted by atomic mass is 10.1. The summed E-state index contributed by atoms with van der Waals surface area (Å²) in [6.45, 7) is 4.71. The van der Waals surface area contributed by atoms with Crippen LogP contribution >= 0.6 is 0 Å². The van der Waals surface area contributed by atoms with E-state index in [2.05, 4.69) is 22.5 Å². The van der Waals surface area contributed by atoms with E-state index in [9.17, 15) is 4.79 Å². The fraction of sp³-hybridized carbons (Fsp3) is 0.357. The molecule has 1 aromatic rings. The van der Waals surface area contributed by atoms with Crippen molar-refractivity contribution in [3.63, 3.8) is 0 Å². The Kier molecular flexibility index (Phi) is 5.75. The van der Waals surface area contributed by atoms with E-state index >= 15 is 0 Å². The molecule has 0 bridgehead atoms. The monoisotopic (exact) mass is 245 g/mol. The molecular weight excluding hydrogens is 226 g/mol. The van der Waals surface area contributed by atoms with Gasteiger partial charge in [-0.3, -0.25) is 0 Å². The largest absolute Gasteiger partial charge is 0.336 e. The number of hydrogen-bond acceptors (Lipinski definition) is 2. The van der Waals surface area contributed by atoms with Crippen LogP contribution in [0.25, 0.3) is 0 Å². The van der Waals surface area contributed by atoms with Gasteiger partial charge in [0, 0.05) is 18.2 Å². The molecule has 4 heteroatoms. The summed E-state index contributed by atoms with van der Waals surface area (Å²) in [5.41, 5.74) is 7.26. The maximum absolute atomic E-state index is 11.4. The SMILES string of the molecule is CC(C)NC(=O)NCc1ccc(C#CCN)cc1. The smallest absolute Gasteiger partial charge is 0.315 e. The van der Waals surface area contributed by atoms with E-state index in [0.29, 0.717) is 13.1 Å². The van der Waals surface area contributed by atoms with Gasteiger partial charge in [0.05, 0.1) is 6.54 Å². The summed E-state index contributed by atoms with van der Waals surface area (Å²) in [7, 11) is 0. The number of benzene rings is 1. The van der Waals surface area contributed by atoms with Gasteiger partial charge in [0.25, 0.3) is 0 Å².